The molecule has 106 valence electrons. The highest BCUT2D eigenvalue weighted by Crippen LogP contribution is 2.34. The van der Waals surface area contributed by atoms with E-state index in [0.29, 0.717) is 6.04 Å². The van der Waals surface area contributed by atoms with E-state index >= 15 is 0 Å². The second-order valence-corrected chi connectivity index (χ2v) is 4.85. The molecule has 0 spiro atoms. The summed E-state index contributed by atoms with van der Waals surface area (Å²) < 4.78 is 13.1. The summed E-state index contributed by atoms with van der Waals surface area (Å²) in [5, 5.41) is 3.58. The van der Waals surface area contributed by atoms with Crippen molar-refractivity contribution >= 4 is 0 Å². The van der Waals surface area contributed by atoms with Crippen LogP contribution in [-0.2, 0) is 6.54 Å². The first-order chi connectivity index (χ1) is 9.86. The van der Waals surface area contributed by atoms with Crippen LogP contribution in [0, 0.1) is 0 Å². The van der Waals surface area contributed by atoms with Gasteiger partial charge < -0.3 is 19.4 Å². The number of imidazole rings is 1. The van der Waals surface area contributed by atoms with Crippen molar-refractivity contribution in [3.63, 3.8) is 0 Å². The first-order valence-corrected chi connectivity index (χ1v) is 6.86. The number of ether oxygens (including phenoxy) is 2. The van der Waals surface area contributed by atoms with E-state index in [9.17, 15) is 0 Å². The van der Waals surface area contributed by atoms with Crippen molar-refractivity contribution in [2.24, 2.45) is 0 Å². The minimum absolute atomic E-state index is 0.317. The zero-order valence-electron chi connectivity index (χ0n) is 11.6. The third-order valence-corrected chi connectivity index (χ3v) is 3.58. The number of rotatable bonds is 5. The Kier molecular flexibility index (Phi) is 3.87. The summed E-state index contributed by atoms with van der Waals surface area (Å²) in [6, 6.07) is 6.30. The monoisotopic (exact) mass is 273 g/mol. The van der Waals surface area contributed by atoms with E-state index in [1.54, 1.807) is 13.3 Å². The molecule has 1 N–H and O–H groups in total. The van der Waals surface area contributed by atoms with Crippen molar-refractivity contribution in [1.29, 1.82) is 0 Å². The molecule has 1 atom stereocenters. The fraction of sp³-hybridized carbons (Fsp3) is 0.400. The van der Waals surface area contributed by atoms with Crippen molar-refractivity contribution in [2.45, 2.75) is 19.0 Å². The number of hydrogen-bond donors (Lipinski definition) is 1. The zero-order chi connectivity index (χ0) is 13.8. The smallest absolute Gasteiger partial charge is 0.124 e. The van der Waals surface area contributed by atoms with Crippen molar-refractivity contribution < 1.29 is 9.47 Å². The highest BCUT2D eigenvalue weighted by molar-refractivity contribution is 5.43. The number of hydrogen-bond acceptors (Lipinski definition) is 4. The molecule has 0 saturated carbocycles. The number of nitrogens with one attached hydrogen (secondary N) is 1. The van der Waals surface area contributed by atoms with Crippen LogP contribution < -0.4 is 14.8 Å². The largest absolute Gasteiger partial charge is 0.497 e. The van der Waals surface area contributed by atoms with Crippen LogP contribution >= 0.6 is 0 Å². The molecule has 5 nitrogen and oxygen atoms in total. The lowest BCUT2D eigenvalue weighted by atomic mass is 10.0. The van der Waals surface area contributed by atoms with E-state index in [1.165, 1.54) is 5.56 Å². The Morgan fingerprint density at radius 2 is 2.45 bits per heavy atom. The quantitative estimate of drug-likeness (QED) is 0.905. The molecular formula is C15H19N3O2. The number of nitrogens with zero attached hydrogens (tertiary/aromatic N) is 2. The lowest BCUT2D eigenvalue weighted by Crippen LogP contribution is -2.29. The Labute approximate surface area is 118 Å². The van der Waals surface area contributed by atoms with Crippen molar-refractivity contribution in [3.8, 4) is 11.5 Å². The molecular weight excluding hydrogens is 254 g/mol. The van der Waals surface area contributed by atoms with Crippen LogP contribution in [-0.4, -0.2) is 29.8 Å². The Morgan fingerprint density at radius 3 is 3.25 bits per heavy atom. The Bertz CT molecular complexity index is 554. The van der Waals surface area contributed by atoms with Gasteiger partial charge in [0.15, 0.2) is 0 Å². The summed E-state index contributed by atoms with van der Waals surface area (Å²) >= 11 is 0. The van der Waals surface area contributed by atoms with E-state index in [1.807, 2.05) is 24.7 Å². The van der Waals surface area contributed by atoms with E-state index in [2.05, 4.69) is 20.9 Å². The van der Waals surface area contributed by atoms with Crippen molar-refractivity contribution in [1.82, 2.24) is 14.9 Å². The van der Waals surface area contributed by atoms with Gasteiger partial charge in [0.2, 0.25) is 0 Å². The van der Waals surface area contributed by atoms with E-state index < -0.39 is 0 Å². The van der Waals surface area contributed by atoms with Crippen LogP contribution in [0.4, 0.5) is 0 Å². The summed E-state index contributed by atoms with van der Waals surface area (Å²) in [6.45, 7) is 2.57. The van der Waals surface area contributed by atoms with Crippen molar-refractivity contribution in [3.05, 3.63) is 42.5 Å². The lowest BCUT2D eigenvalue weighted by molar-refractivity contribution is 0.251. The average Bonchev–Trinajstić information content (AvgIpc) is 3.00. The second kappa shape index (κ2) is 5.96. The first kappa shape index (κ1) is 13.0. The number of benzene rings is 1. The molecule has 20 heavy (non-hydrogen) atoms. The van der Waals surface area contributed by atoms with Crippen LogP contribution in [0.1, 0.15) is 18.0 Å². The summed E-state index contributed by atoms with van der Waals surface area (Å²) in [5.74, 6) is 1.83. The highest BCUT2D eigenvalue weighted by atomic mass is 16.5. The van der Waals surface area contributed by atoms with Gasteiger partial charge in [-0.1, -0.05) is 0 Å². The fourth-order valence-electron chi connectivity index (χ4n) is 2.50. The van der Waals surface area contributed by atoms with Gasteiger partial charge in [-0.25, -0.2) is 4.98 Å². The normalized spacial score (nSPS) is 17.4. The summed E-state index contributed by atoms with van der Waals surface area (Å²) in [6.07, 6.45) is 6.59. The SMILES string of the molecule is COc1ccc2c(c1)C(NCCn1ccnc1)CCO2. The van der Waals surface area contributed by atoms with Crippen LogP contribution in [0.15, 0.2) is 36.9 Å². The molecule has 1 aliphatic rings. The van der Waals surface area contributed by atoms with Gasteiger partial charge in [0.1, 0.15) is 11.5 Å². The Balaban J connectivity index is 1.66. The maximum Gasteiger partial charge on any atom is 0.124 e. The van der Waals surface area contributed by atoms with Crippen LogP contribution in [0.25, 0.3) is 0 Å². The van der Waals surface area contributed by atoms with Gasteiger partial charge in [-0.3, -0.25) is 0 Å². The van der Waals surface area contributed by atoms with E-state index in [4.69, 9.17) is 9.47 Å². The van der Waals surface area contributed by atoms with Crippen molar-refractivity contribution in [2.75, 3.05) is 20.3 Å². The van der Waals surface area contributed by atoms with Gasteiger partial charge in [-0.05, 0) is 18.2 Å². The molecule has 0 amide bonds. The molecule has 1 aromatic carbocycles. The predicted octanol–water partition coefficient (Wildman–Crippen LogP) is 2.01. The molecule has 2 heterocycles. The summed E-state index contributed by atoms with van der Waals surface area (Å²) in [5.41, 5.74) is 1.18. The molecule has 1 aromatic heterocycles. The van der Waals surface area contributed by atoms with Gasteiger partial charge in [-0.2, -0.15) is 0 Å². The minimum atomic E-state index is 0.317. The van der Waals surface area contributed by atoms with Gasteiger partial charge in [0.25, 0.3) is 0 Å². The van der Waals surface area contributed by atoms with Gasteiger partial charge >= 0.3 is 0 Å². The number of methoxy groups -OCH3 is 1. The molecule has 0 radical (unpaired) electrons. The number of aromatic nitrogens is 2. The van der Waals surface area contributed by atoms with Gasteiger partial charge in [0, 0.05) is 43.5 Å². The van der Waals surface area contributed by atoms with Crippen LogP contribution in [0.3, 0.4) is 0 Å². The third kappa shape index (κ3) is 2.77. The molecule has 0 aliphatic carbocycles. The van der Waals surface area contributed by atoms with E-state index in [-0.39, 0.29) is 0 Å². The second-order valence-electron chi connectivity index (χ2n) is 4.85. The van der Waals surface area contributed by atoms with E-state index in [0.717, 1.165) is 37.6 Å². The Hall–Kier alpha value is -2.01. The fourth-order valence-corrected chi connectivity index (χ4v) is 2.50. The zero-order valence-corrected chi connectivity index (χ0v) is 11.6. The minimum Gasteiger partial charge on any atom is -0.497 e. The lowest BCUT2D eigenvalue weighted by Gasteiger charge is -2.27. The standard InChI is InChI=1S/C15H19N3O2/c1-19-12-2-3-15-13(10-12)14(4-9-20-15)17-6-8-18-7-5-16-11-18/h2-3,5,7,10-11,14,17H,4,6,8-9H2,1H3. The highest BCUT2D eigenvalue weighted by Gasteiger charge is 2.21. The molecule has 0 bridgehead atoms. The maximum atomic E-state index is 5.69. The third-order valence-electron chi connectivity index (χ3n) is 3.58. The molecule has 3 rings (SSSR count). The molecule has 0 saturated heterocycles. The first-order valence-electron chi connectivity index (χ1n) is 6.86. The average molecular weight is 273 g/mol. The molecule has 0 fully saturated rings. The topological polar surface area (TPSA) is 48.3 Å². The molecule has 5 heteroatoms. The van der Waals surface area contributed by atoms with Crippen LogP contribution in [0.2, 0.25) is 0 Å². The summed E-state index contributed by atoms with van der Waals surface area (Å²) in [7, 11) is 1.69. The number of fused-ring (bicyclic) bond motifs is 1. The van der Waals surface area contributed by atoms with Gasteiger partial charge in [0.05, 0.1) is 20.0 Å². The van der Waals surface area contributed by atoms with Crippen LogP contribution in [0.5, 0.6) is 11.5 Å². The predicted molar refractivity (Wildman–Crippen MR) is 76.1 cm³/mol. The Morgan fingerprint density at radius 1 is 1.50 bits per heavy atom. The molecule has 2 aromatic rings. The summed E-state index contributed by atoms with van der Waals surface area (Å²) in [4.78, 5) is 4.04. The molecule has 1 aliphatic heterocycles. The molecule has 1 unspecified atom stereocenters. The van der Waals surface area contributed by atoms with Gasteiger partial charge in [-0.15, -0.1) is 0 Å². The maximum absolute atomic E-state index is 5.69.